The average molecular weight is 384 g/mol. The van der Waals surface area contributed by atoms with E-state index in [1.54, 1.807) is 21.3 Å². The second-order valence-corrected chi connectivity index (χ2v) is 6.87. The molecule has 1 N–H and O–H groups in total. The van der Waals surface area contributed by atoms with Gasteiger partial charge in [0.1, 0.15) is 11.6 Å². The topological polar surface area (TPSA) is 56.4 Å². The van der Waals surface area contributed by atoms with Crippen molar-refractivity contribution in [2.45, 2.75) is 0 Å². The van der Waals surface area contributed by atoms with Crippen molar-refractivity contribution in [1.29, 1.82) is 0 Å². The van der Waals surface area contributed by atoms with Gasteiger partial charge in [0, 0.05) is 5.56 Å². The van der Waals surface area contributed by atoms with Crippen LogP contribution in [0.1, 0.15) is 0 Å². The van der Waals surface area contributed by atoms with Crippen LogP contribution < -0.4 is 14.2 Å². The van der Waals surface area contributed by atoms with Crippen LogP contribution in [0.4, 0.5) is 0 Å². The Morgan fingerprint density at radius 2 is 1.48 bits per heavy atom. The molecule has 5 nitrogen and oxygen atoms in total. The van der Waals surface area contributed by atoms with E-state index in [0.29, 0.717) is 11.5 Å². The monoisotopic (exact) mass is 384 g/mol. The number of hydrogen-bond acceptors (Lipinski definition) is 4. The molecular weight excluding hydrogens is 364 g/mol. The Bertz CT molecular complexity index is 1340. The average Bonchev–Trinajstić information content (AvgIpc) is 3.21. The first-order valence-electron chi connectivity index (χ1n) is 9.33. The summed E-state index contributed by atoms with van der Waals surface area (Å²) >= 11 is 0. The molecule has 29 heavy (non-hydrogen) atoms. The van der Waals surface area contributed by atoms with Crippen molar-refractivity contribution in [3.05, 3.63) is 60.7 Å². The Kier molecular flexibility index (Phi) is 4.02. The van der Waals surface area contributed by atoms with Crippen LogP contribution in [-0.2, 0) is 0 Å². The zero-order valence-corrected chi connectivity index (χ0v) is 16.4. The largest absolute Gasteiger partial charge is 0.497 e. The lowest BCUT2D eigenvalue weighted by Gasteiger charge is -2.14. The van der Waals surface area contributed by atoms with Gasteiger partial charge in [-0.25, -0.2) is 4.98 Å². The number of para-hydroxylation sites is 2. The molecule has 0 amide bonds. The minimum absolute atomic E-state index is 0.680. The van der Waals surface area contributed by atoms with E-state index in [1.165, 1.54) is 0 Å². The summed E-state index contributed by atoms with van der Waals surface area (Å²) in [6, 6.07) is 20.3. The van der Waals surface area contributed by atoms with Crippen LogP contribution in [0.25, 0.3) is 44.0 Å². The molecule has 5 rings (SSSR count). The lowest BCUT2D eigenvalue weighted by atomic mass is 9.96. The number of methoxy groups -OCH3 is 3. The maximum Gasteiger partial charge on any atom is 0.161 e. The van der Waals surface area contributed by atoms with E-state index in [0.717, 1.165) is 49.7 Å². The Morgan fingerprint density at radius 1 is 0.724 bits per heavy atom. The van der Waals surface area contributed by atoms with Crippen molar-refractivity contribution in [3.63, 3.8) is 0 Å². The van der Waals surface area contributed by atoms with Crippen LogP contribution >= 0.6 is 0 Å². The van der Waals surface area contributed by atoms with E-state index in [1.807, 2.05) is 48.5 Å². The Morgan fingerprint density at radius 3 is 2.21 bits per heavy atom. The molecule has 1 aromatic heterocycles. The number of ether oxygens (including phenoxy) is 3. The molecule has 0 fully saturated rings. The van der Waals surface area contributed by atoms with E-state index in [2.05, 4.69) is 17.1 Å². The number of hydrogen-bond donors (Lipinski definition) is 1. The van der Waals surface area contributed by atoms with Crippen molar-refractivity contribution in [3.8, 4) is 28.6 Å². The van der Waals surface area contributed by atoms with Gasteiger partial charge in [-0.3, -0.25) is 0 Å². The summed E-state index contributed by atoms with van der Waals surface area (Å²) in [6.45, 7) is 0. The van der Waals surface area contributed by atoms with Gasteiger partial charge in [0.05, 0.1) is 32.4 Å². The Balaban J connectivity index is 1.91. The highest BCUT2D eigenvalue weighted by Crippen LogP contribution is 2.41. The van der Waals surface area contributed by atoms with Gasteiger partial charge in [0.15, 0.2) is 11.5 Å². The maximum atomic E-state index is 5.57. The second-order valence-electron chi connectivity index (χ2n) is 6.87. The van der Waals surface area contributed by atoms with E-state index in [4.69, 9.17) is 19.2 Å². The lowest BCUT2D eigenvalue weighted by molar-refractivity contribution is 0.356. The molecule has 5 aromatic rings. The molecule has 0 saturated carbocycles. The van der Waals surface area contributed by atoms with Gasteiger partial charge in [0.2, 0.25) is 0 Å². The van der Waals surface area contributed by atoms with Crippen LogP contribution in [0.3, 0.4) is 0 Å². The number of rotatable bonds is 4. The molecule has 0 atom stereocenters. The predicted molar refractivity (Wildman–Crippen MR) is 116 cm³/mol. The summed E-state index contributed by atoms with van der Waals surface area (Å²) in [5.41, 5.74) is 2.95. The molecule has 0 aliphatic carbocycles. The SMILES string of the molecule is COc1ccc2cc(-c3nc4ccccc4[nH]3)c3cc(OC)c(OC)cc3c2c1. The minimum atomic E-state index is 0.680. The standard InChI is InChI=1S/C24H20N2O3/c1-27-15-9-8-14-10-19(24-25-20-6-4-5-7-21(20)26-24)18-13-23(29-3)22(28-2)12-17(18)16(14)11-15/h4-13H,1-3H3,(H,25,26). The summed E-state index contributed by atoms with van der Waals surface area (Å²) in [5.74, 6) is 3.00. The molecule has 0 aliphatic heterocycles. The summed E-state index contributed by atoms with van der Waals surface area (Å²) in [6.07, 6.45) is 0. The number of nitrogens with zero attached hydrogens (tertiary/aromatic N) is 1. The zero-order valence-electron chi connectivity index (χ0n) is 16.4. The highest BCUT2D eigenvalue weighted by atomic mass is 16.5. The Labute approximate surface area is 167 Å². The van der Waals surface area contributed by atoms with Crippen LogP contribution in [0.2, 0.25) is 0 Å². The number of H-pyrrole nitrogens is 1. The minimum Gasteiger partial charge on any atom is -0.497 e. The molecule has 0 unspecified atom stereocenters. The Hall–Kier alpha value is -3.73. The van der Waals surface area contributed by atoms with E-state index >= 15 is 0 Å². The molecule has 0 spiro atoms. The normalized spacial score (nSPS) is 11.3. The van der Waals surface area contributed by atoms with E-state index in [-0.39, 0.29) is 0 Å². The summed E-state index contributed by atoms with van der Waals surface area (Å²) in [7, 11) is 4.97. The van der Waals surface area contributed by atoms with Crippen molar-refractivity contribution in [2.75, 3.05) is 21.3 Å². The zero-order chi connectivity index (χ0) is 20.0. The summed E-state index contributed by atoms with van der Waals surface area (Å²) in [4.78, 5) is 8.27. The van der Waals surface area contributed by atoms with Crippen molar-refractivity contribution < 1.29 is 14.2 Å². The first-order chi connectivity index (χ1) is 14.2. The third-order valence-electron chi connectivity index (χ3n) is 5.31. The number of imidazole rings is 1. The van der Waals surface area contributed by atoms with Crippen molar-refractivity contribution in [1.82, 2.24) is 9.97 Å². The fourth-order valence-electron chi connectivity index (χ4n) is 3.86. The molecular formula is C24H20N2O3. The van der Waals surface area contributed by atoms with Crippen LogP contribution in [0, 0.1) is 0 Å². The van der Waals surface area contributed by atoms with Gasteiger partial charge < -0.3 is 19.2 Å². The lowest BCUT2D eigenvalue weighted by Crippen LogP contribution is -1.93. The molecule has 0 saturated heterocycles. The van der Waals surface area contributed by atoms with Gasteiger partial charge >= 0.3 is 0 Å². The number of aromatic amines is 1. The number of nitrogens with one attached hydrogen (secondary N) is 1. The van der Waals surface area contributed by atoms with Gasteiger partial charge in [-0.15, -0.1) is 0 Å². The van der Waals surface area contributed by atoms with Crippen molar-refractivity contribution >= 4 is 32.6 Å². The van der Waals surface area contributed by atoms with Gasteiger partial charge in [-0.1, -0.05) is 18.2 Å². The molecule has 0 bridgehead atoms. The van der Waals surface area contributed by atoms with Crippen LogP contribution in [0.15, 0.2) is 60.7 Å². The van der Waals surface area contributed by atoms with Crippen LogP contribution in [0.5, 0.6) is 17.2 Å². The fraction of sp³-hybridized carbons (Fsp3) is 0.125. The molecule has 144 valence electrons. The third-order valence-corrected chi connectivity index (χ3v) is 5.31. The number of aromatic nitrogens is 2. The number of benzene rings is 4. The second kappa shape index (κ2) is 6.71. The molecule has 5 heteroatoms. The third kappa shape index (κ3) is 2.74. The molecule has 0 aliphatic rings. The first-order valence-corrected chi connectivity index (χ1v) is 9.33. The van der Waals surface area contributed by atoms with Crippen LogP contribution in [-0.4, -0.2) is 31.3 Å². The van der Waals surface area contributed by atoms with E-state index < -0.39 is 0 Å². The maximum absolute atomic E-state index is 5.57. The van der Waals surface area contributed by atoms with Gasteiger partial charge in [-0.2, -0.15) is 0 Å². The highest BCUT2D eigenvalue weighted by Gasteiger charge is 2.16. The summed E-state index contributed by atoms with van der Waals surface area (Å²) in [5, 5.41) is 4.26. The van der Waals surface area contributed by atoms with Gasteiger partial charge in [0.25, 0.3) is 0 Å². The fourth-order valence-corrected chi connectivity index (χ4v) is 3.86. The van der Waals surface area contributed by atoms with E-state index in [9.17, 15) is 0 Å². The summed E-state index contributed by atoms with van der Waals surface area (Å²) < 4.78 is 16.6. The van der Waals surface area contributed by atoms with Crippen molar-refractivity contribution in [2.24, 2.45) is 0 Å². The predicted octanol–water partition coefficient (Wildman–Crippen LogP) is 5.56. The molecule has 4 aromatic carbocycles. The molecule has 0 radical (unpaired) electrons. The molecule has 1 heterocycles. The first kappa shape index (κ1) is 17.4. The smallest absolute Gasteiger partial charge is 0.161 e. The van der Waals surface area contributed by atoms with Gasteiger partial charge in [-0.05, 0) is 64.0 Å². The quantitative estimate of drug-likeness (QED) is 0.412. The highest BCUT2D eigenvalue weighted by molar-refractivity contribution is 6.14. The number of fused-ring (bicyclic) bond motifs is 4.